The van der Waals surface area contributed by atoms with Gasteiger partial charge in [-0.15, -0.1) is 11.3 Å². The number of halogens is 1. The van der Waals surface area contributed by atoms with Crippen LogP contribution >= 0.6 is 27.3 Å². The molecule has 1 heterocycles. The SMILES string of the molecule is CNC(Cc1ccc(Br)s1)CC12CC3CC(CC(C3)C1)C2. The molecule has 0 aliphatic heterocycles. The molecule has 3 heteroatoms. The summed E-state index contributed by atoms with van der Waals surface area (Å²) in [7, 11) is 2.16. The van der Waals surface area contributed by atoms with Crippen molar-refractivity contribution in [3.8, 4) is 0 Å². The Balaban J connectivity index is 1.46. The lowest BCUT2D eigenvalue weighted by atomic mass is 9.48. The second-order valence-corrected chi connectivity index (χ2v) is 10.6. The Morgan fingerprint density at radius 2 is 1.81 bits per heavy atom. The van der Waals surface area contributed by atoms with E-state index in [1.54, 1.807) is 19.3 Å². The normalized spacial score (nSPS) is 38.9. The maximum Gasteiger partial charge on any atom is 0.0701 e. The summed E-state index contributed by atoms with van der Waals surface area (Å²) >= 11 is 5.50. The van der Waals surface area contributed by atoms with E-state index < -0.39 is 0 Å². The minimum Gasteiger partial charge on any atom is -0.317 e. The van der Waals surface area contributed by atoms with Gasteiger partial charge in [-0.2, -0.15) is 0 Å². The van der Waals surface area contributed by atoms with E-state index >= 15 is 0 Å². The molecule has 1 atom stereocenters. The topological polar surface area (TPSA) is 12.0 Å². The summed E-state index contributed by atoms with van der Waals surface area (Å²) in [5, 5.41) is 3.63. The van der Waals surface area contributed by atoms with Crippen molar-refractivity contribution in [2.75, 3.05) is 7.05 Å². The molecule has 4 saturated carbocycles. The van der Waals surface area contributed by atoms with E-state index in [4.69, 9.17) is 0 Å². The summed E-state index contributed by atoms with van der Waals surface area (Å²) in [5.41, 5.74) is 0.691. The number of thiophene rings is 1. The highest BCUT2D eigenvalue weighted by Gasteiger charge is 2.51. The number of hydrogen-bond acceptors (Lipinski definition) is 2. The smallest absolute Gasteiger partial charge is 0.0701 e. The lowest BCUT2D eigenvalue weighted by Gasteiger charge is -2.57. The number of rotatable bonds is 5. The van der Waals surface area contributed by atoms with Crippen molar-refractivity contribution in [2.45, 2.75) is 57.4 Å². The highest BCUT2D eigenvalue weighted by molar-refractivity contribution is 9.11. The van der Waals surface area contributed by atoms with Gasteiger partial charge in [0.15, 0.2) is 0 Å². The quantitative estimate of drug-likeness (QED) is 0.749. The predicted octanol–water partition coefficient (Wildman–Crippen LogP) is 5.25. The highest BCUT2D eigenvalue weighted by Crippen LogP contribution is 2.61. The van der Waals surface area contributed by atoms with E-state index in [0.29, 0.717) is 11.5 Å². The van der Waals surface area contributed by atoms with Gasteiger partial charge in [0.25, 0.3) is 0 Å². The molecule has 116 valence electrons. The first kappa shape index (κ1) is 14.7. The van der Waals surface area contributed by atoms with E-state index in [0.717, 1.165) is 17.8 Å². The van der Waals surface area contributed by atoms with Gasteiger partial charge in [-0.3, -0.25) is 0 Å². The molecule has 1 nitrogen and oxygen atoms in total. The molecular weight excluding hydrogens is 342 g/mol. The average molecular weight is 368 g/mol. The van der Waals surface area contributed by atoms with Crippen LogP contribution in [-0.4, -0.2) is 13.1 Å². The minimum atomic E-state index is 0.659. The zero-order chi connectivity index (χ0) is 14.4. The standard InChI is InChI=1S/C18H26BrNS/c1-20-15(7-16-2-3-17(19)21-16)11-18-8-12-4-13(9-18)6-14(5-12)10-18/h2-3,12-15,20H,4-11H2,1H3. The van der Waals surface area contributed by atoms with Crippen LogP contribution in [0.25, 0.3) is 0 Å². The Hall–Kier alpha value is 0.140. The van der Waals surface area contributed by atoms with Crippen molar-refractivity contribution in [3.63, 3.8) is 0 Å². The molecule has 5 rings (SSSR count). The average Bonchev–Trinajstić information content (AvgIpc) is 2.81. The summed E-state index contributed by atoms with van der Waals surface area (Å²) in [6.07, 6.45) is 11.9. The Morgan fingerprint density at radius 3 is 2.29 bits per heavy atom. The number of likely N-dealkylation sites (N-methyl/N-ethyl adjacent to an activating group) is 1. The first-order chi connectivity index (χ1) is 10.1. The summed E-state index contributed by atoms with van der Waals surface area (Å²) in [6, 6.07) is 5.14. The van der Waals surface area contributed by atoms with Gasteiger partial charge < -0.3 is 5.32 Å². The lowest BCUT2D eigenvalue weighted by Crippen LogP contribution is -2.48. The third-order valence-electron chi connectivity index (χ3n) is 6.33. The van der Waals surface area contributed by atoms with Crippen LogP contribution in [0.4, 0.5) is 0 Å². The summed E-state index contributed by atoms with van der Waals surface area (Å²) in [6.45, 7) is 0. The molecule has 1 unspecified atom stereocenters. The second-order valence-electron chi connectivity index (χ2n) is 8.02. The second kappa shape index (κ2) is 5.65. The van der Waals surface area contributed by atoms with Crippen molar-refractivity contribution in [2.24, 2.45) is 23.2 Å². The molecule has 1 N–H and O–H groups in total. The van der Waals surface area contributed by atoms with Crippen molar-refractivity contribution >= 4 is 27.3 Å². The molecule has 1 aromatic heterocycles. The first-order valence-electron chi connectivity index (χ1n) is 8.56. The summed E-state index contributed by atoms with van der Waals surface area (Å²) in [5.74, 6) is 3.22. The van der Waals surface area contributed by atoms with Crippen LogP contribution in [-0.2, 0) is 6.42 Å². The minimum absolute atomic E-state index is 0.659. The van der Waals surface area contributed by atoms with Crippen LogP contribution in [0.3, 0.4) is 0 Å². The molecular formula is C18H26BrNS. The van der Waals surface area contributed by atoms with Gasteiger partial charge in [0.2, 0.25) is 0 Å². The van der Waals surface area contributed by atoms with Crippen molar-refractivity contribution < 1.29 is 0 Å². The van der Waals surface area contributed by atoms with Crippen molar-refractivity contribution in [3.05, 3.63) is 20.8 Å². The van der Waals surface area contributed by atoms with E-state index in [1.165, 1.54) is 40.8 Å². The molecule has 21 heavy (non-hydrogen) atoms. The summed E-state index contributed by atoms with van der Waals surface area (Å²) in [4.78, 5) is 1.52. The van der Waals surface area contributed by atoms with Gasteiger partial charge >= 0.3 is 0 Å². The Morgan fingerprint density at radius 1 is 1.19 bits per heavy atom. The first-order valence-corrected chi connectivity index (χ1v) is 10.2. The molecule has 1 aromatic rings. The molecule has 4 aliphatic carbocycles. The monoisotopic (exact) mass is 367 g/mol. The zero-order valence-corrected chi connectivity index (χ0v) is 15.3. The van der Waals surface area contributed by atoms with Crippen molar-refractivity contribution in [1.82, 2.24) is 5.32 Å². The van der Waals surface area contributed by atoms with E-state index in [-0.39, 0.29) is 0 Å². The Labute approximate surface area is 141 Å². The van der Waals surface area contributed by atoms with Gasteiger partial charge in [0.1, 0.15) is 0 Å². The van der Waals surface area contributed by atoms with Crippen LogP contribution in [0.15, 0.2) is 15.9 Å². The molecule has 0 spiro atoms. The fourth-order valence-corrected chi connectivity index (χ4v) is 7.61. The molecule has 4 aliphatic rings. The molecule has 0 saturated heterocycles. The molecule has 0 radical (unpaired) electrons. The summed E-state index contributed by atoms with van der Waals surface area (Å²) < 4.78 is 1.27. The van der Waals surface area contributed by atoms with Crippen LogP contribution in [0.1, 0.15) is 49.8 Å². The molecule has 0 amide bonds. The Bertz CT molecular complexity index is 474. The highest BCUT2D eigenvalue weighted by atomic mass is 79.9. The molecule has 4 fully saturated rings. The van der Waals surface area contributed by atoms with Crippen LogP contribution in [0.2, 0.25) is 0 Å². The molecule has 4 bridgehead atoms. The maximum absolute atomic E-state index is 3.63. The zero-order valence-electron chi connectivity index (χ0n) is 12.9. The van der Waals surface area contributed by atoms with Crippen LogP contribution in [0, 0.1) is 23.2 Å². The maximum atomic E-state index is 3.63. The van der Waals surface area contributed by atoms with Gasteiger partial charge in [-0.05, 0) is 110 Å². The number of nitrogens with one attached hydrogen (secondary N) is 1. The van der Waals surface area contributed by atoms with E-state index in [1.807, 2.05) is 11.3 Å². The van der Waals surface area contributed by atoms with E-state index in [2.05, 4.69) is 40.4 Å². The molecule has 0 aromatic carbocycles. The van der Waals surface area contributed by atoms with E-state index in [9.17, 15) is 0 Å². The van der Waals surface area contributed by atoms with Crippen LogP contribution < -0.4 is 5.32 Å². The third-order valence-corrected chi connectivity index (χ3v) is 7.98. The number of hydrogen-bond donors (Lipinski definition) is 1. The van der Waals surface area contributed by atoms with Gasteiger partial charge in [-0.1, -0.05) is 0 Å². The predicted molar refractivity (Wildman–Crippen MR) is 93.8 cm³/mol. The Kier molecular flexibility index (Phi) is 3.96. The fourth-order valence-electron chi connectivity index (χ4n) is 6.04. The van der Waals surface area contributed by atoms with Gasteiger partial charge in [-0.25, -0.2) is 0 Å². The third kappa shape index (κ3) is 2.98. The van der Waals surface area contributed by atoms with Crippen LogP contribution in [0.5, 0.6) is 0 Å². The van der Waals surface area contributed by atoms with Gasteiger partial charge in [0.05, 0.1) is 3.79 Å². The van der Waals surface area contributed by atoms with Gasteiger partial charge in [0, 0.05) is 10.9 Å². The van der Waals surface area contributed by atoms with Crippen molar-refractivity contribution in [1.29, 1.82) is 0 Å². The largest absolute Gasteiger partial charge is 0.317 e. The lowest BCUT2D eigenvalue weighted by molar-refractivity contribution is -0.0616. The fraction of sp³-hybridized carbons (Fsp3) is 0.778.